The van der Waals surface area contributed by atoms with E-state index in [0.29, 0.717) is 17.5 Å². The van der Waals surface area contributed by atoms with Crippen LogP contribution >= 0.6 is 0 Å². The van der Waals surface area contributed by atoms with Gasteiger partial charge in [0, 0.05) is 24.8 Å². The molecule has 1 unspecified atom stereocenters. The Bertz CT molecular complexity index is 789. The summed E-state index contributed by atoms with van der Waals surface area (Å²) in [6.07, 6.45) is 8.87. The number of carbonyl (C=O) groups is 1. The Balaban J connectivity index is 1.66. The van der Waals surface area contributed by atoms with Crippen LogP contribution in [0.3, 0.4) is 0 Å². The van der Waals surface area contributed by atoms with Crippen LogP contribution in [0, 0.1) is 0 Å². The lowest BCUT2D eigenvalue weighted by Gasteiger charge is -2.28. The van der Waals surface area contributed by atoms with Crippen LogP contribution in [0.1, 0.15) is 67.4 Å². The molecule has 150 valence electrons. The fourth-order valence-corrected chi connectivity index (χ4v) is 3.78. The highest BCUT2D eigenvalue weighted by atomic mass is 16.5. The minimum atomic E-state index is -0.488. The summed E-state index contributed by atoms with van der Waals surface area (Å²) in [5.74, 6) is 0.754. The van der Waals surface area contributed by atoms with Gasteiger partial charge in [0.05, 0.1) is 5.56 Å². The summed E-state index contributed by atoms with van der Waals surface area (Å²) < 4.78 is 5.88. The van der Waals surface area contributed by atoms with Crippen molar-refractivity contribution in [3.05, 3.63) is 53.2 Å². The summed E-state index contributed by atoms with van der Waals surface area (Å²) in [5, 5.41) is 0. The molecule has 1 aliphatic heterocycles. The van der Waals surface area contributed by atoms with E-state index in [9.17, 15) is 4.79 Å². The van der Waals surface area contributed by atoms with Crippen LogP contribution in [-0.2, 0) is 13.0 Å². The molecule has 2 aromatic rings. The van der Waals surface area contributed by atoms with Crippen LogP contribution in [0.5, 0.6) is 11.6 Å². The second-order valence-electron chi connectivity index (χ2n) is 7.70. The molecule has 3 rings (SSSR count). The zero-order valence-corrected chi connectivity index (χ0v) is 17.0. The zero-order chi connectivity index (χ0) is 19.9. The average Bonchev–Trinajstić information content (AvgIpc) is 2.90. The molecular formula is C23H31N3O2. The first-order valence-corrected chi connectivity index (χ1v) is 10.4. The van der Waals surface area contributed by atoms with Crippen LogP contribution in [0.2, 0.25) is 0 Å². The number of nitrogens with zero attached hydrogens (tertiary/aromatic N) is 2. The minimum Gasteiger partial charge on any atom is -0.439 e. The van der Waals surface area contributed by atoms with Gasteiger partial charge in [0.2, 0.25) is 11.8 Å². The Kier molecular flexibility index (Phi) is 7.04. The largest absolute Gasteiger partial charge is 0.439 e. The van der Waals surface area contributed by atoms with Crippen molar-refractivity contribution in [3.8, 4) is 11.6 Å². The minimum absolute atomic E-state index is 0.377. The van der Waals surface area contributed by atoms with Crippen molar-refractivity contribution < 1.29 is 9.53 Å². The van der Waals surface area contributed by atoms with Gasteiger partial charge in [0.1, 0.15) is 5.75 Å². The van der Waals surface area contributed by atoms with Gasteiger partial charge in [-0.05, 0) is 62.1 Å². The first-order chi connectivity index (χ1) is 13.6. The summed E-state index contributed by atoms with van der Waals surface area (Å²) in [6, 6.07) is 10.2. The standard InChI is InChI=1S/C23H31N3O2/c1-3-4-5-7-17(2)26-13-6-8-18-14-21(11-9-20(18)16-26)28-22-12-10-19(15-25-22)23(24)27/h9-12,14-15,17H,3-8,13,16H2,1-2H3,(H2,24,27). The molecule has 1 atom stereocenters. The van der Waals surface area contributed by atoms with Crippen molar-refractivity contribution in [1.29, 1.82) is 0 Å². The van der Waals surface area contributed by atoms with E-state index >= 15 is 0 Å². The fourth-order valence-electron chi connectivity index (χ4n) is 3.78. The second kappa shape index (κ2) is 9.69. The van der Waals surface area contributed by atoms with Gasteiger partial charge in [-0.2, -0.15) is 0 Å². The molecule has 1 aliphatic rings. The number of hydrogen-bond acceptors (Lipinski definition) is 4. The van der Waals surface area contributed by atoms with Crippen molar-refractivity contribution >= 4 is 5.91 Å². The second-order valence-corrected chi connectivity index (χ2v) is 7.70. The first-order valence-electron chi connectivity index (χ1n) is 10.4. The van der Waals surface area contributed by atoms with Gasteiger partial charge >= 0.3 is 0 Å². The number of hydrogen-bond donors (Lipinski definition) is 1. The van der Waals surface area contributed by atoms with Gasteiger partial charge in [-0.3, -0.25) is 9.69 Å². The number of unbranched alkanes of at least 4 members (excludes halogenated alkanes) is 2. The third-order valence-corrected chi connectivity index (χ3v) is 5.53. The number of pyridine rings is 1. The molecule has 0 saturated carbocycles. The fraction of sp³-hybridized carbons (Fsp3) is 0.478. The summed E-state index contributed by atoms with van der Waals surface area (Å²) >= 11 is 0. The van der Waals surface area contributed by atoms with E-state index < -0.39 is 5.91 Å². The topological polar surface area (TPSA) is 68.5 Å². The molecule has 0 radical (unpaired) electrons. The number of aryl methyl sites for hydroxylation is 1. The third-order valence-electron chi connectivity index (χ3n) is 5.53. The van der Waals surface area contributed by atoms with Crippen molar-refractivity contribution in [1.82, 2.24) is 9.88 Å². The monoisotopic (exact) mass is 381 g/mol. The molecule has 1 amide bonds. The highest BCUT2D eigenvalue weighted by Gasteiger charge is 2.19. The van der Waals surface area contributed by atoms with Crippen molar-refractivity contribution in [3.63, 3.8) is 0 Å². The molecule has 0 aliphatic carbocycles. The first kappa shape index (κ1) is 20.3. The molecular weight excluding hydrogens is 350 g/mol. The van der Waals surface area contributed by atoms with E-state index in [1.165, 1.54) is 49.4 Å². The van der Waals surface area contributed by atoms with Crippen molar-refractivity contribution in [2.24, 2.45) is 5.73 Å². The number of fused-ring (bicyclic) bond motifs is 1. The molecule has 2 N–H and O–H groups in total. The molecule has 5 heteroatoms. The van der Waals surface area contributed by atoms with Crippen molar-refractivity contribution in [2.45, 2.75) is 65.0 Å². The van der Waals surface area contributed by atoms with Gasteiger partial charge < -0.3 is 10.5 Å². The van der Waals surface area contributed by atoms with Crippen LogP contribution in [-0.4, -0.2) is 28.4 Å². The SMILES string of the molecule is CCCCCC(C)N1CCCc2cc(Oc3ccc(C(N)=O)cn3)ccc2C1. The molecule has 5 nitrogen and oxygen atoms in total. The smallest absolute Gasteiger partial charge is 0.250 e. The number of aromatic nitrogens is 1. The predicted octanol–water partition coefficient (Wildman–Crippen LogP) is 4.69. The highest BCUT2D eigenvalue weighted by Crippen LogP contribution is 2.27. The molecule has 2 heterocycles. The predicted molar refractivity (Wildman–Crippen MR) is 112 cm³/mol. The van der Waals surface area contributed by atoms with Crippen LogP contribution < -0.4 is 10.5 Å². The maximum atomic E-state index is 11.1. The lowest BCUT2D eigenvalue weighted by molar-refractivity contribution is 0.1000. The summed E-state index contributed by atoms with van der Waals surface area (Å²) in [4.78, 5) is 17.9. The lowest BCUT2D eigenvalue weighted by atomic mass is 10.0. The lowest BCUT2D eigenvalue weighted by Crippen LogP contribution is -2.32. The average molecular weight is 382 g/mol. The number of benzene rings is 1. The Morgan fingerprint density at radius 3 is 2.82 bits per heavy atom. The number of amides is 1. The summed E-state index contributed by atoms with van der Waals surface area (Å²) in [6.45, 7) is 6.77. The van der Waals surface area contributed by atoms with E-state index in [-0.39, 0.29) is 0 Å². The van der Waals surface area contributed by atoms with E-state index in [4.69, 9.17) is 10.5 Å². The number of carbonyl (C=O) groups excluding carboxylic acids is 1. The molecule has 28 heavy (non-hydrogen) atoms. The third kappa shape index (κ3) is 5.32. The number of ether oxygens (including phenoxy) is 1. The van der Waals surface area contributed by atoms with Crippen LogP contribution in [0.4, 0.5) is 0 Å². The van der Waals surface area contributed by atoms with Crippen LogP contribution in [0.15, 0.2) is 36.5 Å². The number of nitrogens with two attached hydrogens (primary N) is 1. The van der Waals surface area contributed by atoms with E-state index in [2.05, 4.69) is 35.9 Å². The van der Waals surface area contributed by atoms with Gasteiger partial charge in [-0.1, -0.05) is 32.3 Å². The van der Waals surface area contributed by atoms with Gasteiger partial charge in [-0.25, -0.2) is 4.98 Å². The molecule has 0 bridgehead atoms. The highest BCUT2D eigenvalue weighted by molar-refractivity contribution is 5.92. The van der Waals surface area contributed by atoms with E-state index in [1.807, 2.05) is 6.07 Å². The Morgan fingerprint density at radius 1 is 1.25 bits per heavy atom. The molecule has 1 aromatic carbocycles. The zero-order valence-electron chi connectivity index (χ0n) is 17.0. The molecule has 0 spiro atoms. The molecule has 0 saturated heterocycles. The van der Waals surface area contributed by atoms with Gasteiger partial charge in [-0.15, -0.1) is 0 Å². The Labute approximate surface area is 167 Å². The number of rotatable bonds is 8. The van der Waals surface area contributed by atoms with Crippen molar-refractivity contribution in [2.75, 3.05) is 6.54 Å². The van der Waals surface area contributed by atoms with Gasteiger partial charge in [0.15, 0.2) is 0 Å². The Hall–Kier alpha value is -2.40. The quantitative estimate of drug-likeness (QED) is 0.674. The van der Waals surface area contributed by atoms with E-state index in [1.54, 1.807) is 12.1 Å². The number of primary amides is 1. The Morgan fingerprint density at radius 2 is 2.11 bits per heavy atom. The summed E-state index contributed by atoms with van der Waals surface area (Å²) in [5.41, 5.74) is 8.38. The maximum Gasteiger partial charge on any atom is 0.250 e. The van der Waals surface area contributed by atoms with Crippen LogP contribution in [0.25, 0.3) is 0 Å². The normalized spacial score (nSPS) is 15.5. The van der Waals surface area contributed by atoms with E-state index in [0.717, 1.165) is 25.3 Å². The molecule has 0 fully saturated rings. The van der Waals surface area contributed by atoms with Gasteiger partial charge in [0.25, 0.3) is 0 Å². The maximum absolute atomic E-state index is 11.1. The summed E-state index contributed by atoms with van der Waals surface area (Å²) in [7, 11) is 0. The molecule has 1 aromatic heterocycles.